The van der Waals surface area contributed by atoms with Gasteiger partial charge >= 0.3 is 0 Å². The average Bonchev–Trinajstić information content (AvgIpc) is 2.38. The molecule has 0 spiro atoms. The van der Waals surface area contributed by atoms with Gasteiger partial charge in [-0.3, -0.25) is 4.79 Å². The van der Waals surface area contributed by atoms with Crippen LogP contribution in [0, 0.1) is 0 Å². The van der Waals surface area contributed by atoms with E-state index in [4.69, 9.17) is 9.84 Å². The Kier molecular flexibility index (Phi) is 6.18. The molecule has 1 aromatic carbocycles. The number of nitrogens with one attached hydrogen (secondary N) is 2. The lowest BCUT2D eigenvalue weighted by molar-refractivity contribution is -0.117. The minimum absolute atomic E-state index is 0.0146. The van der Waals surface area contributed by atoms with Gasteiger partial charge in [0.2, 0.25) is 5.91 Å². The molecular formula is C13H20N2O3. The Hall–Kier alpha value is -1.59. The van der Waals surface area contributed by atoms with E-state index in [1.165, 1.54) is 0 Å². The number of carbonyl (C=O) groups excluding carboxylic acids is 1. The molecule has 0 heterocycles. The molecule has 0 bridgehead atoms. The average molecular weight is 252 g/mol. The van der Waals surface area contributed by atoms with Crippen LogP contribution >= 0.6 is 0 Å². The summed E-state index contributed by atoms with van der Waals surface area (Å²) in [5.74, 6) is 0.648. The first kappa shape index (κ1) is 14.5. The van der Waals surface area contributed by atoms with Crippen LogP contribution in [0.25, 0.3) is 0 Å². The van der Waals surface area contributed by atoms with Gasteiger partial charge in [0.05, 0.1) is 19.3 Å². The predicted molar refractivity (Wildman–Crippen MR) is 70.8 cm³/mol. The number of rotatable bonds is 7. The highest BCUT2D eigenvalue weighted by Crippen LogP contribution is 2.15. The number of benzene rings is 1. The molecule has 5 heteroatoms. The fraction of sp³-hybridized carbons (Fsp3) is 0.462. The minimum atomic E-state index is -0.344. The summed E-state index contributed by atoms with van der Waals surface area (Å²) in [5.41, 5.74) is 0.723. The van der Waals surface area contributed by atoms with Crippen molar-refractivity contribution in [1.29, 1.82) is 0 Å². The fourth-order valence-corrected chi connectivity index (χ4v) is 1.43. The summed E-state index contributed by atoms with van der Waals surface area (Å²) in [4.78, 5) is 11.7. The van der Waals surface area contributed by atoms with Crippen LogP contribution in [0.2, 0.25) is 0 Å². The highest BCUT2D eigenvalue weighted by Gasteiger charge is 2.11. The van der Waals surface area contributed by atoms with Gasteiger partial charge in [0.15, 0.2) is 0 Å². The first-order valence-corrected chi connectivity index (χ1v) is 6.05. The zero-order valence-corrected chi connectivity index (χ0v) is 10.8. The largest absolute Gasteiger partial charge is 0.494 e. The first-order valence-electron chi connectivity index (χ1n) is 6.05. The van der Waals surface area contributed by atoms with Gasteiger partial charge in [0.1, 0.15) is 5.75 Å². The molecule has 3 N–H and O–H groups in total. The molecule has 0 saturated carbocycles. The van der Waals surface area contributed by atoms with Gasteiger partial charge in [0, 0.05) is 12.2 Å². The summed E-state index contributed by atoms with van der Waals surface area (Å²) in [5, 5.41) is 14.3. The highest BCUT2D eigenvalue weighted by atomic mass is 16.5. The zero-order valence-electron chi connectivity index (χ0n) is 10.8. The van der Waals surface area contributed by atoms with Crippen molar-refractivity contribution in [3.63, 3.8) is 0 Å². The summed E-state index contributed by atoms with van der Waals surface area (Å²) in [6.45, 7) is 4.70. The SMILES string of the molecule is CCOc1ccc(NC(=O)C(C)NCCO)cc1. The van der Waals surface area contributed by atoms with Gasteiger partial charge in [-0.05, 0) is 38.1 Å². The Labute approximate surface area is 107 Å². The summed E-state index contributed by atoms with van der Waals surface area (Å²) >= 11 is 0. The van der Waals surface area contributed by atoms with Gasteiger partial charge in [-0.2, -0.15) is 0 Å². The summed E-state index contributed by atoms with van der Waals surface area (Å²) in [6.07, 6.45) is 0. The van der Waals surface area contributed by atoms with Crippen LogP contribution < -0.4 is 15.4 Å². The monoisotopic (exact) mass is 252 g/mol. The van der Waals surface area contributed by atoms with Crippen molar-refractivity contribution in [2.24, 2.45) is 0 Å². The van der Waals surface area contributed by atoms with E-state index in [1.54, 1.807) is 19.1 Å². The first-order chi connectivity index (χ1) is 8.67. The number of hydrogen-bond donors (Lipinski definition) is 3. The number of aliphatic hydroxyl groups excluding tert-OH is 1. The van der Waals surface area contributed by atoms with E-state index in [0.29, 0.717) is 13.2 Å². The van der Waals surface area contributed by atoms with Crippen molar-refractivity contribution < 1.29 is 14.6 Å². The Morgan fingerprint density at radius 1 is 1.39 bits per heavy atom. The molecule has 0 saturated heterocycles. The van der Waals surface area contributed by atoms with E-state index in [1.807, 2.05) is 19.1 Å². The number of amides is 1. The molecule has 0 aromatic heterocycles. The highest BCUT2D eigenvalue weighted by molar-refractivity contribution is 5.94. The van der Waals surface area contributed by atoms with Crippen LogP contribution in [0.5, 0.6) is 5.75 Å². The van der Waals surface area contributed by atoms with Crippen molar-refractivity contribution in [3.05, 3.63) is 24.3 Å². The molecular weight excluding hydrogens is 232 g/mol. The minimum Gasteiger partial charge on any atom is -0.494 e. The van der Waals surface area contributed by atoms with Crippen molar-refractivity contribution in [2.75, 3.05) is 25.1 Å². The molecule has 18 heavy (non-hydrogen) atoms. The lowest BCUT2D eigenvalue weighted by Gasteiger charge is -2.13. The second-order valence-electron chi connectivity index (χ2n) is 3.85. The van der Waals surface area contributed by atoms with Crippen molar-refractivity contribution in [3.8, 4) is 5.75 Å². The smallest absolute Gasteiger partial charge is 0.241 e. The van der Waals surface area contributed by atoms with E-state index in [2.05, 4.69) is 10.6 Å². The van der Waals surface area contributed by atoms with Crippen LogP contribution in [-0.4, -0.2) is 36.8 Å². The molecule has 1 unspecified atom stereocenters. The molecule has 0 aliphatic heterocycles. The Morgan fingerprint density at radius 2 is 2.06 bits per heavy atom. The Balaban J connectivity index is 2.48. The van der Waals surface area contributed by atoms with Crippen molar-refractivity contribution in [1.82, 2.24) is 5.32 Å². The van der Waals surface area contributed by atoms with Gasteiger partial charge in [-0.25, -0.2) is 0 Å². The van der Waals surface area contributed by atoms with E-state index in [0.717, 1.165) is 11.4 Å². The molecule has 0 fully saturated rings. The molecule has 0 aliphatic rings. The van der Waals surface area contributed by atoms with Gasteiger partial charge < -0.3 is 20.5 Å². The fourth-order valence-electron chi connectivity index (χ4n) is 1.43. The van der Waals surface area contributed by atoms with Crippen LogP contribution in [0.3, 0.4) is 0 Å². The molecule has 1 atom stereocenters. The van der Waals surface area contributed by atoms with Gasteiger partial charge in [-0.15, -0.1) is 0 Å². The summed E-state index contributed by atoms with van der Waals surface area (Å²) in [7, 11) is 0. The Bertz CT molecular complexity index is 365. The number of ether oxygens (including phenoxy) is 1. The van der Waals surface area contributed by atoms with E-state index < -0.39 is 0 Å². The quantitative estimate of drug-likeness (QED) is 0.677. The maximum absolute atomic E-state index is 11.7. The summed E-state index contributed by atoms with van der Waals surface area (Å²) in [6, 6.07) is 6.86. The predicted octanol–water partition coefficient (Wildman–Crippen LogP) is 0.994. The number of hydrogen-bond acceptors (Lipinski definition) is 4. The molecule has 1 rings (SSSR count). The normalized spacial score (nSPS) is 11.9. The van der Waals surface area contributed by atoms with E-state index in [-0.39, 0.29) is 18.6 Å². The maximum Gasteiger partial charge on any atom is 0.241 e. The molecule has 1 aromatic rings. The second-order valence-corrected chi connectivity index (χ2v) is 3.85. The lowest BCUT2D eigenvalue weighted by atomic mass is 10.2. The second kappa shape index (κ2) is 7.68. The lowest BCUT2D eigenvalue weighted by Crippen LogP contribution is -2.39. The molecule has 0 aliphatic carbocycles. The van der Waals surface area contributed by atoms with Gasteiger partial charge in [0.25, 0.3) is 0 Å². The van der Waals surface area contributed by atoms with Crippen LogP contribution in [0.4, 0.5) is 5.69 Å². The number of anilines is 1. The summed E-state index contributed by atoms with van der Waals surface area (Å²) < 4.78 is 5.31. The van der Waals surface area contributed by atoms with Crippen LogP contribution in [0.15, 0.2) is 24.3 Å². The standard InChI is InChI=1S/C13H20N2O3/c1-3-18-12-6-4-11(5-7-12)15-13(17)10(2)14-8-9-16/h4-7,10,14,16H,3,8-9H2,1-2H3,(H,15,17). The van der Waals surface area contributed by atoms with Gasteiger partial charge in [-0.1, -0.05) is 0 Å². The van der Waals surface area contributed by atoms with Crippen LogP contribution in [0.1, 0.15) is 13.8 Å². The van der Waals surface area contributed by atoms with Crippen LogP contribution in [-0.2, 0) is 4.79 Å². The third-order valence-electron chi connectivity index (χ3n) is 2.39. The topological polar surface area (TPSA) is 70.6 Å². The van der Waals surface area contributed by atoms with E-state index in [9.17, 15) is 4.79 Å². The number of aliphatic hydroxyl groups is 1. The molecule has 100 valence electrons. The van der Waals surface area contributed by atoms with Crippen molar-refractivity contribution >= 4 is 11.6 Å². The Morgan fingerprint density at radius 3 is 2.61 bits per heavy atom. The molecule has 0 radical (unpaired) electrons. The zero-order chi connectivity index (χ0) is 13.4. The van der Waals surface area contributed by atoms with Crippen molar-refractivity contribution in [2.45, 2.75) is 19.9 Å². The number of carbonyl (C=O) groups is 1. The third-order valence-corrected chi connectivity index (χ3v) is 2.39. The third kappa shape index (κ3) is 4.73. The molecule has 1 amide bonds. The van der Waals surface area contributed by atoms with E-state index >= 15 is 0 Å². The maximum atomic E-state index is 11.7. The molecule has 5 nitrogen and oxygen atoms in total.